The molecule has 0 saturated carbocycles. The van der Waals surface area contributed by atoms with Crippen LogP contribution in [-0.2, 0) is 0 Å². The van der Waals surface area contributed by atoms with Crippen LogP contribution in [0.5, 0.6) is 0 Å². The molecule has 7 heteroatoms. The number of hydrogen-bond acceptors (Lipinski definition) is 3. The van der Waals surface area contributed by atoms with Crippen molar-refractivity contribution in [3.63, 3.8) is 0 Å². The van der Waals surface area contributed by atoms with E-state index in [1.165, 1.54) is 4.90 Å². The second-order valence-electron chi connectivity index (χ2n) is 4.66. The highest BCUT2D eigenvalue weighted by molar-refractivity contribution is 6.33. The number of carbonyl (C=O) groups is 1. The summed E-state index contributed by atoms with van der Waals surface area (Å²) in [5.74, 6) is 0. The standard InChI is InChI=1S/C14H17ClN4O2/c1-10(9-20)18(2)14(21)17-12-6-3-5-11(15)13(12)19-8-4-7-16-19/h3-8,10,20H,9H2,1-2H3,(H,17,21). The Balaban J connectivity index is 2.29. The zero-order valence-electron chi connectivity index (χ0n) is 11.8. The van der Waals surface area contributed by atoms with Gasteiger partial charge in [0, 0.05) is 19.4 Å². The molecular formula is C14H17ClN4O2. The molecule has 0 fully saturated rings. The number of likely N-dealkylation sites (N-methyl/N-ethyl adjacent to an activating group) is 1. The number of rotatable bonds is 4. The van der Waals surface area contributed by atoms with E-state index in [4.69, 9.17) is 16.7 Å². The summed E-state index contributed by atoms with van der Waals surface area (Å²) in [6, 6.07) is 6.39. The van der Waals surface area contributed by atoms with Gasteiger partial charge in [-0.25, -0.2) is 9.48 Å². The Morgan fingerprint density at radius 1 is 1.52 bits per heavy atom. The number of nitrogens with one attached hydrogen (secondary N) is 1. The predicted molar refractivity (Wildman–Crippen MR) is 81.9 cm³/mol. The lowest BCUT2D eigenvalue weighted by Crippen LogP contribution is -2.40. The van der Waals surface area contributed by atoms with Gasteiger partial charge >= 0.3 is 6.03 Å². The molecule has 0 bridgehead atoms. The van der Waals surface area contributed by atoms with E-state index in [1.807, 2.05) is 0 Å². The Labute approximate surface area is 127 Å². The minimum absolute atomic E-state index is 0.106. The first-order valence-corrected chi connectivity index (χ1v) is 6.85. The van der Waals surface area contributed by atoms with E-state index in [1.54, 1.807) is 55.3 Å². The molecule has 1 aromatic heterocycles. The normalized spacial score (nSPS) is 12.0. The third kappa shape index (κ3) is 3.34. The van der Waals surface area contributed by atoms with E-state index in [-0.39, 0.29) is 18.7 Å². The summed E-state index contributed by atoms with van der Waals surface area (Å²) in [4.78, 5) is 13.6. The molecule has 0 aliphatic rings. The fourth-order valence-corrected chi connectivity index (χ4v) is 2.04. The van der Waals surface area contributed by atoms with Gasteiger partial charge < -0.3 is 15.3 Å². The van der Waals surface area contributed by atoms with Crippen molar-refractivity contribution >= 4 is 23.3 Å². The fourth-order valence-electron chi connectivity index (χ4n) is 1.78. The Hall–Kier alpha value is -2.05. The van der Waals surface area contributed by atoms with Crippen LogP contribution in [0.25, 0.3) is 5.69 Å². The van der Waals surface area contributed by atoms with E-state index in [0.29, 0.717) is 16.4 Å². The van der Waals surface area contributed by atoms with Crippen LogP contribution in [-0.4, -0.2) is 45.5 Å². The number of para-hydroxylation sites is 1. The zero-order valence-corrected chi connectivity index (χ0v) is 12.6. The molecule has 1 aromatic carbocycles. The number of carbonyl (C=O) groups excluding carboxylic acids is 1. The number of benzene rings is 1. The average Bonchev–Trinajstić information content (AvgIpc) is 2.99. The van der Waals surface area contributed by atoms with E-state index < -0.39 is 0 Å². The van der Waals surface area contributed by atoms with Gasteiger partial charge in [-0.1, -0.05) is 17.7 Å². The maximum atomic E-state index is 12.2. The minimum atomic E-state index is -0.327. The quantitative estimate of drug-likeness (QED) is 0.911. The van der Waals surface area contributed by atoms with Crippen LogP contribution >= 0.6 is 11.6 Å². The molecule has 2 aromatic rings. The van der Waals surface area contributed by atoms with Crippen molar-refractivity contribution in [3.05, 3.63) is 41.7 Å². The number of amides is 2. The van der Waals surface area contributed by atoms with E-state index in [0.717, 1.165) is 0 Å². The zero-order chi connectivity index (χ0) is 15.4. The number of halogens is 1. The lowest BCUT2D eigenvalue weighted by Gasteiger charge is -2.24. The summed E-state index contributed by atoms with van der Waals surface area (Å²) < 4.78 is 1.59. The summed E-state index contributed by atoms with van der Waals surface area (Å²) in [6.07, 6.45) is 3.38. The van der Waals surface area contributed by atoms with Gasteiger partial charge in [-0.05, 0) is 25.1 Å². The molecule has 21 heavy (non-hydrogen) atoms. The number of hydrogen-bond donors (Lipinski definition) is 2. The maximum Gasteiger partial charge on any atom is 0.321 e. The van der Waals surface area contributed by atoms with Gasteiger partial charge in [0.1, 0.15) is 5.69 Å². The second-order valence-corrected chi connectivity index (χ2v) is 5.07. The first kappa shape index (κ1) is 15.3. The Morgan fingerprint density at radius 2 is 2.29 bits per heavy atom. The summed E-state index contributed by atoms with van der Waals surface area (Å²) in [7, 11) is 1.62. The third-order valence-electron chi connectivity index (χ3n) is 3.21. The molecule has 1 heterocycles. The molecule has 0 aliphatic carbocycles. The van der Waals surface area contributed by atoms with Crippen molar-refractivity contribution in [3.8, 4) is 5.69 Å². The van der Waals surface area contributed by atoms with Crippen molar-refractivity contribution in [1.82, 2.24) is 14.7 Å². The van der Waals surface area contributed by atoms with Gasteiger partial charge in [0.15, 0.2) is 0 Å². The summed E-state index contributed by atoms with van der Waals surface area (Å²) in [5.41, 5.74) is 1.15. The van der Waals surface area contributed by atoms with Crippen LogP contribution < -0.4 is 5.32 Å². The SMILES string of the molecule is CC(CO)N(C)C(=O)Nc1cccc(Cl)c1-n1cccn1. The Bertz CT molecular complexity index is 615. The molecule has 0 saturated heterocycles. The predicted octanol–water partition coefficient (Wildman–Crippen LogP) is 2.37. The molecule has 0 radical (unpaired) electrons. The highest BCUT2D eigenvalue weighted by atomic mass is 35.5. The Kier molecular flexibility index (Phi) is 4.82. The summed E-state index contributed by atoms with van der Waals surface area (Å²) in [6.45, 7) is 1.65. The molecule has 2 rings (SSSR count). The molecule has 0 spiro atoms. The highest BCUT2D eigenvalue weighted by Gasteiger charge is 2.17. The van der Waals surface area contributed by atoms with Crippen molar-refractivity contribution in [2.45, 2.75) is 13.0 Å². The number of aliphatic hydroxyl groups excluding tert-OH is 1. The van der Waals surface area contributed by atoms with Crippen molar-refractivity contribution in [1.29, 1.82) is 0 Å². The monoisotopic (exact) mass is 308 g/mol. The van der Waals surface area contributed by atoms with Crippen LogP contribution in [0.15, 0.2) is 36.7 Å². The van der Waals surface area contributed by atoms with Gasteiger partial charge in [0.05, 0.1) is 23.4 Å². The first-order valence-electron chi connectivity index (χ1n) is 6.47. The molecule has 1 unspecified atom stereocenters. The van der Waals surface area contributed by atoms with Gasteiger partial charge in [-0.3, -0.25) is 0 Å². The van der Waals surface area contributed by atoms with Crippen LogP contribution in [0.3, 0.4) is 0 Å². The average molecular weight is 309 g/mol. The molecular weight excluding hydrogens is 292 g/mol. The Morgan fingerprint density at radius 3 is 2.90 bits per heavy atom. The van der Waals surface area contributed by atoms with Gasteiger partial charge in [-0.2, -0.15) is 5.10 Å². The summed E-state index contributed by atoms with van der Waals surface area (Å²) in [5, 5.41) is 16.5. The van der Waals surface area contributed by atoms with E-state index >= 15 is 0 Å². The van der Waals surface area contributed by atoms with Gasteiger partial charge in [0.25, 0.3) is 0 Å². The highest BCUT2D eigenvalue weighted by Crippen LogP contribution is 2.28. The molecule has 6 nitrogen and oxygen atoms in total. The van der Waals surface area contributed by atoms with Crippen LogP contribution in [0.1, 0.15) is 6.92 Å². The lowest BCUT2D eigenvalue weighted by molar-refractivity contribution is 0.166. The van der Waals surface area contributed by atoms with Crippen LogP contribution in [0.4, 0.5) is 10.5 Å². The molecule has 1 atom stereocenters. The third-order valence-corrected chi connectivity index (χ3v) is 3.51. The van der Waals surface area contributed by atoms with Crippen LogP contribution in [0, 0.1) is 0 Å². The summed E-state index contributed by atoms with van der Waals surface area (Å²) >= 11 is 6.21. The molecule has 112 valence electrons. The maximum absolute atomic E-state index is 12.2. The fraction of sp³-hybridized carbons (Fsp3) is 0.286. The van der Waals surface area contributed by atoms with Crippen LogP contribution in [0.2, 0.25) is 5.02 Å². The van der Waals surface area contributed by atoms with Gasteiger partial charge in [-0.15, -0.1) is 0 Å². The van der Waals surface area contributed by atoms with Crippen molar-refractivity contribution in [2.75, 3.05) is 19.0 Å². The number of urea groups is 1. The number of aromatic nitrogens is 2. The van der Waals surface area contributed by atoms with Crippen molar-refractivity contribution < 1.29 is 9.90 Å². The first-order chi connectivity index (χ1) is 10.0. The topological polar surface area (TPSA) is 70.4 Å². The molecule has 0 aliphatic heterocycles. The second kappa shape index (κ2) is 6.60. The lowest BCUT2D eigenvalue weighted by atomic mass is 10.2. The molecule has 2 N–H and O–H groups in total. The van der Waals surface area contributed by atoms with Crippen molar-refractivity contribution in [2.24, 2.45) is 0 Å². The largest absolute Gasteiger partial charge is 0.394 e. The molecule has 2 amide bonds. The smallest absolute Gasteiger partial charge is 0.321 e. The van der Waals surface area contributed by atoms with E-state index in [9.17, 15) is 4.79 Å². The van der Waals surface area contributed by atoms with E-state index in [2.05, 4.69) is 10.4 Å². The minimum Gasteiger partial charge on any atom is -0.394 e. The number of aliphatic hydroxyl groups is 1. The number of anilines is 1. The number of nitrogens with zero attached hydrogens (tertiary/aromatic N) is 3. The van der Waals surface area contributed by atoms with Gasteiger partial charge in [0.2, 0.25) is 0 Å².